The normalized spacial score (nSPS) is 15.5. The lowest BCUT2D eigenvalue weighted by Gasteiger charge is -2.16. The first kappa shape index (κ1) is 26.7. The van der Waals surface area contributed by atoms with Crippen LogP contribution in [-0.4, -0.2) is 51.3 Å². The number of fused-ring (bicyclic) bond motifs is 1. The highest BCUT2D eigenvalue weighted by Crippen LogP contribution is 2.34. The van der Waals surface area contributed by atoms with Crippen LogP contribution in [0.3, 0.4) is 0 Å². The highest BCUT2D eigenvalue weighted by Gasteiger charge is 2.32. The minimum atomic E-state index is -0.241. The molecule has 1 fully saturated rings. The van der Waals surface area contributed by atoms with Crippen molar-refractivity contribution < 1.29 is 14.3 Å². The molecule has 0 spiro atoms. The lowest BCUT2D eigenvalue weighted by molar-refractivity contribution is -0.122. The van der Waals surface area contributed by atoms with Crippen molar-refractivity contribution in [2.45, 2.75) is 39.7 Å². The van der Waals surface area contributed by atoms with Crippen LogP contribution in [0.5, 0.6) is 11.5 Å². The van der Waals surface area contributed by atoms with Crippen molar-refractivity contribution in [3.63, 3.8) is 0 Å². The molecule has 1 aliphatic heterocycles. The number of methoxy groups -OCH3 is 2. The highest BCUT2D eigenvalue weighted by atomic mass is 32.2. The van der Waals surface area contributed by atoms with Gasteiger partial charge in [0.1, 0.15) is 15.8 Å². The zero-order valence-corrected chi connectivity index (χ0v) is 23.2. The van der Waals surface area contributed by atoms with Crippen LogP contribution in [0.2, 0.25) is 0 Å². The molecule has 1 aromatic carbocycles. The number of anilines is 1. The summed E-state index contributed by atoms with van der Waals surface area (Å²) in [6.45, 7) is 6.40. The summed E-state index contributed by atoms with van der Waals surface area (Å²) in [5.41, 5.74) is 2.56. The van der Waals surface area contributed by atoms with Gasteiger partial charge in [0.25, 0.3) is 11.5 Å². The summed E-state index contributed by atoms with van der Waals surface area (Å²) in [4.78, 5) is 33.6. The summed E-state index contributed by atoms with van der Waals surface area (Å²) < 4.78 is 12.7. The molecule has 10 heteroatoms. The number of aryl methyl sites for hydroxylation is 1. The van der Waals surface area contributed by atoms with Crippen molar-refractivity contribution in [3.8, 4) is 11.5 Å². The van der Waals surface area contributed by atoms with Gasteiger partial charge < -0.3 is 14.8 Å². The fourth-order valence-corrected chi connectivity index (χ4v) is 5.28. The number of carbonyl (C=O) groups excluding carboxylic acids is 1. The zero-order valence-electron chi connectivity index (χ0n) is 21.5. The number of aromatic nitrogens is 2. The van der Waals surface area contributed by atoms with E-state index in [1.165, 1.54) is 16.2 Å². The largest absolute Gasteiger partial charge is 0.493 e. The number of benzene rings is 1. The van der Waals surface area contributed by atoms with Crippen molar-refractivity contribution in [2.24, 2.45) is 0 Å². The van der Waals surface area contributed by atoms with Crippen LogP contribution in [0.25, 0.3) is 11.7 Å². The Bertz CT molecular complexity index is 1450. The first-order valence-electron chi connectivity index (χ1n) is 12.0. The predicted octanol–water partition coefficient (Wildman–Crippen LogP) is 4.67. The van der Waals surface area contributed by atoms with Gasteiger partial charge in [0.15, 0.2) is 11.5 Å². The molecule has 0 radical (unpaired) electrons. The second-order valence-corrected chi connectivity index (χ2v) is 10.5. The minimum Gasteiger partial charge on any atom is -0.493 e. The topological polar surface area (TPSA) is 85.2 Å². The van der Waals surface area contributed by atoms with Crippen LogP contribution in [0.15, 0.2) is 46.2 Å². The molecule has 8 nitrogen and oxygen atoms in total. The Labute approximate surface area is 225 Å². The molecule has 1 N–H and O–H groups in total. The number of amides is 1. The summed E-state index contributed by atoms with van der Waals surface area (Å²) in [5, 5.41) is 3.34. The maximum atomic E-state index is 13.5. The van der Waals surface area contributed by atoms with Crippen molar-refractivity contribution in [1.82, 2.24) is 14.3 Å². The quantitative estimate of drug-likeness (QED) is 0.311. The second kappa shape index (κ2) is 11.4. The SMILES string of the molecule is CCC(C)Nc1nc2c(C)cccn2c(=O)c1C=C1SC(=S)N(CCc2ccc(OC)c(OC)c2)C1=O. The van der Waals surface area contributed by atoms with E-state index in [-0.39, 0.29) is 17.5 Å². The molecule has 37 heavy (non-hydrogen) atoms. The van der Waals surface area contributed by atoms with E-state index in [2.05, 4.69) is 12.2 Å². The molecule has 0 aliphatic carbocycles. The summed E-state index contributed by atoms with van der Waals surface area (Å²) in [6.07, 6.45) is 4.74. The summed E-state index contributed by atoms with van der Waals surface area (Å²) in [6, 6.07) is 9.49. The Morgan fingerprint density at radius 3 is 2.65 bits per heavy atom. The molecule has 0 saturated carbocycles. The van der Waals surface area contributed by atoms with E-state index < -0.39 is 0 Å². The van der Waals surface area contributed by atoms with E-state index in [1.54, 1.807) is 31.4 Å². The average Bonchev–Trinajstić information content (AvgIpc) is 3.16. The molecule has 3 heterocycles. The Kier molecular flexibility index (Phi) is 8.19. The maximum absolute atomic E-state index is 13.5. The van der Waals surface area contributed by atoms with Crippen molar-refractivity contribution in [3.05, 3.63) is 68.5 Å². The lowest BCUT2D eigenvalue weighted by atomic mass is 10.1. The number of nitrogens with zero attached hydrogens (tertiary/aromatic N) is 3. The third kappa shape index (κ3) is 5.50. The third-order valence-corrected chi connectivity index (χ3v) is 7.68. The van der Waals surface area contributed by atoms with Crippen molar-refractivity contribution in [2.75, 3.05) is 26.1 Å². The van der Waals surface area contributed by atoms with E-state index in [9.17, 15) is 9.59 Å². The molecular weight excluding hydrogens is 508 g/mol. The molecule has 0 bridgehead atoms. The molecular formula is C27H30N4O4S2. The van der Waals surface area contributed by atoms with E-state index in [0.717, 1.165) is 17.5 Å². The lowest BCUT2D eigenvalue weighted by Crippen LogP contribution is -2.30. The van der Waals surface area contributed by atoms with E-state index >= 15 is 0 Å². The summed E-state index contributed by atoms with van der Waals surface area (Å²) in [5.74, 6) is 1.51. The molecule has 4 rings (SSSR count). The van der Waals surface area contributed by atoms with Crippen LogP contribution in [0.1, 0.15) is 37.0 Å². The van der Waals surface area contributed by atoms with E-state index in [0.29, 0.717) is 50.7 Å². The number of hydrogen-bond acceptors (Lipinski definition) is 8. The van der Waals surface area contributed by atoms with Crippen LogP contribution in [-0.2, 0) is 11.2 Å². The minimum absolute atomic E-state index is 0.0986. The molecule has 1 saturated heterocycles. The van der Waals surface area contributed by atoms with Crippen LogP contribution in [0.4, 0.5) is 5.82 Å². The third-order valence-electron chi connectivity index (χ3n) is 6.30. The molecule has 1 atom stereocenters. The highest BCUT2D eigenvalue weighted by molar-refractivity contribution is 8.26. The maximum Gasteiger partial charge on any atom is 0.267 e. The Morgan fingerprint density at radius 2 is 1.95 bits per heavy atom. The standard InChI is InChI=1S/C27H30N4O4S2/c1-6-17(3)28-23-19(25(32)30-12-7-8-16(2)24(30)29-23)15-22-26(33)31(27(36)37-22)13-11-18-9-10-20(34-4)21(14-18)35-5/h7-10,12,14-15,17,28H,6,11,13H2,1-5H3. The van der Waals surface area contributed by atoms with Gasteiger partial charge in [-0.25, -0.2) is 4.98 Å². The average molecular weight is 539 g/mol. The molecule has 2 aromatic heterocycles. The first-order chi connectivity index (χ1) is 17.8. The number of nitrogens with one attached hydrogen (secondary N) is 1. The smallest absolute Gasteiger partial charge is 0.267 e. The van der Waals surface area contributed by atoms with Crippen LogP contribution in [0, 0.1) is 6.92 Å². The number of thioether (sulfide) groups is 1. The number of ether oxygens (including phenoxy) is 2. The Hall–Kier alpha value is -3.37. The van der Waals surface area contributed by atoms with Gasteiger partial charge in [0, 0.05) is 18.8 Å². The second-order valence-electron chi connectivity index (χ2n) is 8.79. The van der Waals surface area contributed by atoms with Gasteiger partial charge in [0.2, 0.25) is 0 Å². The number of thiocarbonyl (C=S) groups is 1. The molecule has 1 aliphatic rings. The molecule has 1 unspecified atom stereocenters. The van der Waals surface area contributed by atoms with Crippen molar-refractivity contribution >= 4 is 51.7 Å². The fraction of sp³-hybridized carbons (Fsp3) is 0.333. The monoisotopic (exact) mass is 538 g/mol. The summed E-state index contributed by atoms with van der Waals surface area (Å²) in [7, 11) is 3.18. The van der Waals surface area contributed by atoms with Crippen LogP contribution >= 0.6 is 24.0 Å². The Morgan fingerprint density at radius 1 is 1.19 bits per heavy atom. The number of rotatable bonds is 9. The molecule has 1 amide bonds. The van der Waals surface area contributed by atoms with Gasteiger partial charge in [-0.1, -0.05) is 43.0 Å². The molecule has 3 aromatic rings. The van der Waals surface area contributed by atoms with Gasteiger partial charge in [-0.15, -0.1) is 0 Å². The van der Waals surface area contributed by atoms with Crippen LogP contribution < -0.4 is 20.3 Å². The number of pyridine rings is 1. The fourth-order valence-electron chi connectivity index (χ4n) is 3.99. The first-order valence-corrected chi connectivity index (χ1v) is 13.2. The van der Waals surface area contributed by atoms with Crippen molar-refractivity contribution in [1.29, 1.82) is 0 Å². The van der Waals surface area contributed by atoms with E-state index in [4.69, 9.17) is 26.7 Å². The zero-order chi connectivity index (χ0) is 26.7. The van der Waals surface area contributed by atoms with Gasteiger partial charge in [0.05, 0.1) is 24.7 Å². The number of carbonyl (C=O) groups is 1. The van der Waals surface area contributed by atoms with Gasteiger partial charge in [-0.05, 0) is 62.1 Å². The number of hydrogen-bond donors (Lipinski definition) is 1. The predicted molar refractivity (Wildman–Crippen MR) is 153 cm³/mol. The molecule has 194 valence electrons. The summed E-state index contributed by atoms with van der Waals surface area (Å²) >= 11 is 6.73. The van der Waals surface area contributed by atoms with Gasteiger partial charge >= 0.3 is 0 Å². The Balaban J connectivity index is 1.64. The van der Waals surface area contributed by atoms with E-state index in [1.807, 2.05) is 44.2 Å². The van der Waals surface area contributed by atoms with Gasteiger partial charge in [-0.3, -0.25) is 18.9 Å². The van der Waals surface area contributed by atoms with Gasteiger partial charge in [-0.2, -0.15) is 0 Å².